The average Bonchev–Trinajstić information content (AvgIpc) is 2.68. The first-order chi connectivity index (χ1) is 10.1. The molecule has 1 aromatic rings. The molecule has 1 aliphatic heterocycles. The van der Waals surface area contributed by atoms with Crippen molar-refractivity contribution in [2.24, 2.45) is 0 Å². The maximum absolute atomic E-state index is 14.1. The number of nitrogens with zero attached hydrogens (tertiary/aromatic N) is 1. The predicted octanol–water partition coefficient (Wildman–Crippen LogP) is -1.45. The molecule has 0 spiro atoms. The second-order valence-electron chi connectivity index (χ2n) is 4.77. The summed E-state index contributed by atoms with van der Waals surface area (Å²) in [6, 6.07) is 0. The Bertz CT molecular complexity index is 712. The van der Waals surface area contributed by atoms with Crippen molar-refractivity contribution in [2.75, 3.05) is 6.61 Å². The third-order valence-corrected chi connectivity index (χ3v) is 3.61. The summed E-state index contributed by atoms with van der Waals surface area (Å²) in [6.45, 7) is 0.626. The van der Waals surface area contributed by atoms with E-state index in [1.165, 1.54) is 6.92 Å². The Morgan fingerprint density at radius 3 is 2.73 bits per heavy atom. The molecule has 124 valence electrons. The second kappa shape index (κ2) is 6.03. The molecule has 0 aromatic carbocycles. The lowest BCUT2D eigenvalue weighted by atomic mass is 10.1. The van der Waals surface area contributed by atoms with Crippen molar-refractivity contribution in [3.8, 4) is 0 Å². The molecule has 0 radical (unpaired) electrons. The fourth-order valence-corrected chi connectivity index (χ4v) is 2.35. The van der Waals surface area contributed by atoms with Gasteiger partial charge in [-0.05, 0) is 6.92 Å². The third-order valence-electron chi connectivity index (χ3n) is 3.12. The van der Waals surface area contributed by atoms with E-state index in [1.807, 2.05) is 4.98 Å². The number of aryl methyl sites for hydroxylation is 1. The van der Waals surface area contributed by atoms with Crippen LogP contribution in [-0.4, -0.2) is 49.4 Å². The van der Waals surface area contributed by atoms with Crippen molar-refractivity contribution in [2.45, 2.75) is 31.5 Å². The number of hydrogen-bond acceptors (Lipinski definition) is 6. The van der Waals surface area contributed by atoms with Gasteiger partial charge in [0, 0.05) is 11.8 Å². The standard InChI is InChI=1S/C10H14FN2O8P/c1-4-2-13(10(16)12-8(4)15)9-6(11)7(14)5(21-9)3-20-22(17,18)19/h2,5-7,9,14H,3H2,1H3,(H,12,15,16)(H2,17,18,19)/t5?,6?,7-,9+/m1/s1. The highest BCUT2D eigenvalue weighted by Crippen LogP contribution is 2.38. The quantitative estimate of drug-likeness (QED) is 0.486. The zero-order chi connectivity index (χ0) is 16.7. The molecule has 0 saturated carbocycles. The number of aromatic nitrogens is 2. The number of rotatable bonds is 4. The summed E-state index contributed by atoms with van der Waals surface area (Å²) in [5, 5.41) is 9.68. The Balaban J connectivity index is 2.23. The first kappa shape index (κ1) is 17.0. The van der Waals surface area contributed by atoms with Gasteiger partial charge in [0.15, 0.2) is 12.4 Å². The van der Waals surface area contributed by atoms with Gasteiger partial charge in [-0.1, -0.05) is 0 Å². The van der Waals surface area contributed by atoms with Crippen LogP contribution >= 0.6 is 7.82 Å². The zero-order valence-electron chi connectivity index (χ0n) is 11.2. The van der Waals surface area contributed by atoms with Crippen LogP contribution in [0.1, 0.15) is 11.8 Å². The van der Waals surface area contributed by atoms with Crippen molar-refractivity contribution in [3.63, 3.8) is 0 Å². The van der Waals surface area contributed by atoms with E-state index < -0.39 is 50.3 Å². The number of alkyl halides is 1. The normalized spacial score (nSPS) is 29.0. The molecule has 22 heavy (non-hydrogen) atoms. The Labute approximate surface area is 122 Å². The molecule has 4 N–H and O–H groups in total. The van der Waals surface area contributed by atoms with Crippen LogP contribution in [0, 0.1) is 6.92 Å². The van der Waals surface area contributed by atoms with E-state index >= 15 is 0 Å². The Morgan fingerprint density at radius 2 is 2.14 bits per heavy atom. The lowest BCUT2D eigenvalue weighted by Gasteiger charge is -2.16. The van der Waals surface area contributed by atoms with Crippen LogP contribution in [0.3, 0.4) is 0 Å². The fourth-order valence-electron chi connectivity index (χ4n) is 2.01. The summed E-state index contributed by atoms with van der Waals surface area (Å²) in [5.41, 5.74) is -1.46. The van der Waals surface area contributed by atoms with Crippen LogP contribution in [0.25, 0.3) is 0 Å². The van der Waals surface area contributed by atoms with Gasteiger partial charge in [-0.3, -0.25) is 18.9 Å². The van der Waals surface area contributed by atoms with E-state index in [1.54, 1.807) is 0 Å². The van der Waals surface area contributed by atoms with Gasteiger partial charge < -0.3 is 19.6 Å². The van der Waals surface area contributed by atoms with Crippen LogP contribution in [0.15, 0.2) is 15.8 Å². The van der Waals surface area contributed by atoms with Crippen molar-refractivity contribution in [1.82, 2.24) is 9.55 Å². The Hall–Kier alpha value is -1.36. The molecule has 0 bridgehead atoms. The Kier molecular flexibility index (Phi) is 4.66. The highest BCUT2D eigenvalue weighted by Gasteiger charge is 2.46. The molecule has 1 aliphatic rings. The molecule has 2 unspecified atom stereocenters. The number of hydrogen-bond donors (Lipinski definition) is 4. The molecule has 12 heteroatoms. The lowest BCUT2D eigenvalue weighted by molar-refractivity contribution is -0.0484. The molecule has 10 nitrogen and oxygen atoms in total. The minimum atomic E-state index is -4.81. The summed E-state index contributed by atoms with van der Waals surface area (Å²) in [4.78, 5) is 42.1. The second-order valence-corrected chi connectivity index (χ2v) is 6.00. The maximum Gasteiger partial charge on any atom is 0.469 e. The summed E-state index contributed by atoms with van der Waals surface area (Å²) in [6.07, 6.45) is -5.67. The van der Waals surface area contributed by atoms with E-state index in [2.05, 4.69) is 4.52 Å². The number of phosphoric acid groups is 1. The van der Waals surface area contributed by atoms with Gasteiger partial charge in [-0.25, -0.2) is 13.8 Å². The molecule has 1 saturated heterocycles. The van der Waals surface area contributed by atoms with Crippen molar-refractivity contribution >= 4 is 7.82 Å². The number of aliphatic hydroxyl groups excluding tert-OH is 1. The van der Waals surface area contributed by atoms with Crippen molar-refractivity contribution in [3.05, 3.63) is 32.6 Å². The minimum Gasteiger partial charge on any atom is -0.387 e. The van der Waals surface area contributed by atoms with E-state index in [-0.39, 0.29) is 5.56 Å². The summed E-state index contributed by atoms with van der Waals surface area (Å²) < 4.78 is 34.7. The third kappa shape index (κ3) is 3.51. The highest BCUT2D eigenvalue weighted by atomic mass is 31.2. The van der Waals surface area contributed by atoms with Crippen LogP contribution in [0.5, 0.6) is 0 Å². The molecule has 4 atom stereocenters. The van der Waals surface area contributed by atoms with Gasteiger partial charge >= 0.3 is 13.5 Å². The zero-order valence-corrected chi connectivity index (χ0v) is 12.1. The topological polar surface area (TPSA) is 151 Å². The van der Waals surface area contributed by atoms with Gasteiger partial charge in [0.2, 0.25) is 0 Å². The van der Waals surface area contributed by atoms with Gasteiger partial charge in [-0.2, -0.15) is 0 Å². The molecule has 2 heterocycles. The van der Waals surface area contributed by atoms with E-state index in [0.717, 1.165) is 10.8 Å². The fraction of sp³-hybridized carbons (Fsp3) is 0.600. The number of aliphatic hydroxyl groups is 1. The predicted molar refractivity (Wildman–Crippen MR) is 68.9 cm³/mol. The first-order valence-electron chi connectivity index (χ1n) is 6.10. The van der Waals surface area contributed by atoms with Crippen molar-refractivity contribution in [1.29, 1.82) is 0 Å². The monoisotopic (exact) mass is 340 g/mol. The number of halogens is 1. The lowest BCUT2D eigenvalue weighted by Crippen LogP contribution is -2.36. The maximum atomic E-state index is 14.1. The van der Waals surface area contributed by atoms with E-state index in [0.29, 0.717) is 0 Å². The first-order valence-corrected chi connectivity index (χ1v) is 7.63. The van der Waals surface area contributed by atoms with Gasteiger partial charge in [0.1, 0.15) is 12.2 Å². The molecule has 1 fully saturated rings. The molecule has 1 aromatic heterocycles. The van der Waals surface area contributed by atoms with Crippen LogP contribution in [-0.2, 0) is 13.8 Å². The molecular weight excluding hydrogens is 326 g/mol. The molecule has 2 rings (SSSR count). The summed E-state index contributed by atoms with van der Waals surface area (Å²) in [5.74, 6) is 0. The van der Waals surface area contributed by atoms with E-state index in [9.17, 15) is 23.7 Å². The number of nitrogens with one attached hydrogen (secondary N) is 1. The smallest absolute Gasteiger partial charge is 0.387 e. The van der Waals surface area contributed by atoms with Crippen LogP contribution < -0.4 is 11.2 Å². The summed E-state index contributed by atoms with van der Waals surface area (Å²) in [7, 11) is -4.81. The number of H-pyrrole nitrogens is 1. The van der Waals surface area contributed by atoms with Crippen LogP contribution in [0.2, 0.25) is 0 Å². The molecule has 0 aliphatic carbocycles. The Morgan fingerprint density at radius 1 is 1.50 bits per heavy atom. The highest BCUT2D eigenvalue weighted by molar-refractivity contribution is 7.46. The SMILES string of the molecule is Cc1cn([C@H]2OC(COP(=O)(O)O)[C@@H](O)C2F)c(=O)[nH]c1=O. The van der Waals surface area contributed by atoms with Crippen molar-refractivity contribution < 1.29 is 33.1 Å². The number of phosphoric ester groups is 1. The van der Waals surface area contributed by atoms with E-state index in [4.69, 9.17) is 14.5 Å². The number of aromatic amines is 1. The largest absolute Gasteiger partial charge is 0.469 e. The summed E-state index contributed by atoms with van der Waals surface area (Å²) >= 11 is 0. The number of ether oxygens (including phenoxy) is 1. The average molecular weight is 340 g/mol. The van der Waals surface area contributed by atoms with Gasteiger partial charge in [0.05, 0.1) is 6.61 Å². The van der Waals surface area contributed by atoms with Gasteiger partial charge in [0.25, 0.3) is 5.56 Å². The minimum absolute atomic E-state index is 0.125. The van der Waals surface area contributed by atoms with Gasteiger partial charge in [-0.15, -0.1) is 0 Å². The molecule has 0 amide bonds. The van der Waals surface area contributed by atoms with Crippen LogP contribution in [0.4, 0.5) is 4.39 Å². The molecular formula is C10H14FN2O8P.